The predicted molar refractivity (Wildman–Crippen MR) is 77.4 cm³/mol. The van der Waals surface area contributed by atoms with Gasteiger partial charge in [-0.15, -0.1) is 0 Å². The minimum absolute atomic E-state index is 0.0233. The first-order chi connectivity index (χ1) is 9.62. The van der Waals surface area contributed by atoms with Crippen LogP contribution in [0.4, 0.5) is 0 Å². The van der Waals surface area contributed by atoms with Gasteiger partial charge in [0.15, 0.2) is 0 Å². The summed E-state index contributed by atoms with van der Waals surface area (Å²) in [5.41, 5.74) is 1.60. The molecule has 108 valence electrons. The minimum Gasteiger partial charge on any atom is -0.495 e. The molecule has 2 rings (SSSR count). The number of nitriles is 1. The van der Waals surface area contributed by atoms with Crippen LogP contribution in [0.5, 0.6) is 5.75 Å². The summed E-state index contributed by atoms with van der Waals surface area (Å²) in [6.07, 6.45) is 3.31. The van der Waals surface area contributed by atoms with Crippen molar-refractivity contribution in [3.63, 3.8) is 0 Å². The molecule has 2 atom stereocenters. The Morgan fingerprint density at radius 3 is 3.00 bits per heavy atom. The van der Waals surface area contributed by atoms with E-state index in [1.54, 1.807) is 7.11 Å². The molecule has 1 saturated carbocycles. The van der Waals surface area contributed by atoms with Crippen LogP contribution < -0.4 is 10.1 Å². The third kappa shape index (κ3) is 2.95. The van der Waals surface area contributed by atoms with Gasteiger partial charge in [0.2, 0.25) is 0 Å². The second-order valence-electron chi connectivity index (χ2n) is 5.78. The normalized spacial score (nSPS) is 25.4. The van der Waals surface area contributed by atoms with Gasteiger partial charge in [0.25, 0.3) is 0 Å². The first-order valence-electron chi connectivity index (χ1n) is 7.04. The van der Waals surface area contributed by atoms with Gasteiger partial charge in [0.05, 0.1) is 12.7 Å². The van der Waals surface area contributed by atoms with Crippen molar-refractivity contribution >= 4 is 0 Å². The van der Waals surface area contributed by atoms with Crippen molar-refractivity contribution in [2.75, 3.05) is 13.7 Å². The molecular weight excluding hydrogens is 252 g/mol. The van der Waals surface area contributed by atoms with E-state index < -0.39 is 0 Å². The van der Waals surface area contributed by atoms with Crippen molar-refractivity contribution in [1.29, 1.82) is 5.26 Å². The Morgan fingerprint density at radius 2 is 2.35 bits per heavy atom. The summed E-state index contributed by atoms with van der Waals surface area (Å²) < 4.78 is 5.14. The van der Waals surface area contributed by atoms with E-state index in [2.05, 4.69) is 18.3 Å². The summed E-state index contributed by atoms with van der Waals surface area (Å²) in [5.74, 6) is 0.609. The molecule has 20 heavy (non-hydrogen) atoms. The first-order valence-corrected chi connectivity index (χ1v) is 7.04. The molecule has 0 spiro atoms. The summed E-state index contributed by atoms with van der Waals surface area (Å²) >= 11 is 0. The Labute approximate surface area is 120 Å². The molecule has 0 aromatic heterocycles. The van der Waals surface area contributed by atoms with Crippen LogP contribution in [0.3, 0.4) is 0 Å². The maximum atomic E-state index is 9.54. The lowest BCUT2D eigenvalue weighted by molar-refractivity contribution is 0.118. The van der Waals surface area contributed by atoms with Gasteiger partial charge in [-0.05, 0) is 30.5 Å². The average molecular weight is 274 g/mol. The summed E-state index contributed by atoms with van der Waals surface area (Å²) in [4.78, 5) is 0. The van der Waals surface area contributed by atoms with Crippen LogP contribution in [0.2, 0.25) is 0 Å². The molecule has 1 aliphatic carbocycles. The van der Waals surface area contributed by atoms with Gasteiger partial charge in [-0.25, -0.2) is 0 Å². The molecular formula is C16H22N2O2. The molecule has 0 amide bonds. The number of aliphatic hydroxyl groups is 1. The van der Waals surface area contributed by atoms with E-state index in [9.17, 15) is 5.11 Å². The van der Waals surface area contributed by atoms with Crippen LogP contribution in [0.15, 0.2) is 18.2 Å². The Balaban J connectivity index is 2.03. The Bertz CT molecular complexity index is 510. The number of hydrogen-bond acceptors (Lipinski definition) is 4. The fourth-order valence-corrected chi connectivity index (χ4v) is 2.96. The molecule has 1 aliphatic rings. The number of methoxy groups -OCH3 is 1. The number of ether oxygens (including phenoxy) is 1. The highest BCUT2D eigenvalue weighted by atomic mass is 16.5. The maximum absolute atomic E-state index is 9.54. The topological polar surface area (TPSA) is 65.3 Å². The molecule has 4 heteroatoms. The van der Waals surface area contributed by atoms with Gasteiger partial charge in [-0.1, -0.05) is 19.4 Å². The quantitative estimate of drug-likeness (QED) is 0.864. The zero-order chi connectivity index (χ0) is 14.6. The third-order valence-electron chi connectivity index (χ3n) is 4.38. The number of aliphatic hydroxyl groups excluding tert-OH is 1. The van der Waals surface area contributed by atoms with E-state index in [4.69, 9.17) is 10.00 Å². The molecule has 0 heterocycles. The summed E-state index contributed by atoms with van der Waals surface area (Å²) in [5, 5.41) is 22.2. The second-order valence-corrected chi connectivity index (χ2v) is 5.78. The Kier molecular flexibility index (Phi) is 4.64. The highest BCUT2D eigenvalue weighted by Gasteiger charge is 2.37. The van der Waals surface area contributed by atoms with Crippen LogP contribution >= 0.6 is 0 Å². The van der Waals surface area contributed by atoms with E-state index in [0.29, 0.717) is 23.9 Å². The molecule has 0 bridgehead atoms. The summed E-state index contributed by atoms with van der Waals surface area (Å²) in [6, 6.07) is 8.14. The van der Waals surface area contributed by atoms with Gasteiger partial charge < -0.3 is 15.2 Å². The fourth-order valence-electron chi connectivity index (χ4n) is 2.96. The number of benzene rings is 1. The fraction of sp³-hybridized carbons (Fsp3) is 0.562. The molecule has 4 nitrogen and oxygen atoms in total. The van der Waals surface area contributed by atoms with Gasteiger partial charge >= 0.3 is 0 Å². The van der Waals surface area contributed by atoms with E-state index in [1.165, 1.54) is 0 Å². The van der Waals surface area contributed by atoms with E-state index in [1.807, 2.05) is 18.2 Å². The molecule has 0 radical (unpaired) electrons. The molecule has 2 unspecified atom stereocenters. The van der Waals surface area contributed by atoms with Crippen LogP contribution in [-0.4, -0.2) is 24.9 Å². The summed E-state index contributed by atoms with van der Waals surface area (Å²) in [6.45, 7) is 3.06. The van der Waals surface area contributed by atoms with Crippen molar-refractivity contribution in [2.24, 2.45) is 5.41 Å². The second kappa shape index (κ2) is 6.25. The zero-order valence-electron chi connectivity index (χ0n) is 12.1. The molecule has 1 aromatic carbocycles. The lowest BCUT2D eigenvalue weighted by atomic mass is 9.85. The van der Waals surface area contributed by atoms with Crippen molar-refractivity contribution in [2.45, 2.75) is 38.8 Å². The Morgan fingerprint density at radius 1 is 1.55 bits per heavy atom. The smallest absolute Gasteiger partial charge is 0.136 e. The number of rotatable bonds is 5. The van der Waals surface area contributed by atoms with Crippen LogP contribution in [-0.2, 0) is 6.54 Å². The van der Waals surface area contributed by atoms with Crippen molar-refractivity contribution in [1.82, 2.24) is 5.32 Å². The number of hydrogen-bond donors (Lipinski definition) is 2. The van der Waals surface area contributed by atoms with E-state index in [-0.39, 0.29) is 12.0 Å². The molecule has 0 saturated heterocycles. The van der Waals surface area contributed by atoms with Crippen LogP contribution in [0.1, 0.15) is 37.3 Å². The minimum atomic E-state index is -0.0233. The maximum Gasteiger partial charge on any atom is 0.136 e. The zero-order valence-corrected chi connectivity index (χ0v) is 12.1. The van der Waals surface area contributed by atoms with Gasteiger partial charge in [0.1, 0.15) is 11.8 Å². The van der Waals surface area contributed by atoms with Crippen molar-refractivity contribution in [3.8, 4) is 11.8 Å². The SMILES string of the molecule is COc1ccc(CNC2CCCC2(C)CO)cc1C#N. The summed E-state index contributed by atoms with van der Waals surface area (Å²) in [7, 11) is 1.57. The lowest BCUT2D eigenvalue weighted by Crippen LogP contribution is -2.41. The highest BCUT2D eigenvalue weighted by Crippen LogP contribution is 2.37. The Hall–Kier alpha value is -1.57. The predicted octanol–water partition coefficient (Wildman–Crippen LogP) is 2.21. The standard InChI is InChI=1S/C16H22N2O2/c1-16(11-19)7-3-4-15(16)18-10-12-5-6-14(20-2)13(8-12)9-17/h5-6,8,15,18-19H,3-4,7,10-11H2,1-2H3. The van der Waals surface area contributed by atoms with Gasteiger partial charge in [-0.2, -0.15) is 5.26 Å². The molecule has 0 aliphatic heterocycles. The molecule has 1 fully saturated rings. The van der Waals surface area contributed by atoms with Crippen LogP contribution in [0, 0.1) is 16.7 Å². The molecule has 1 aromatic rings. The third-order valence-corrected chi connectivity index (χ3v) is 4.38. The monoisotopic (exact) mass is 274 g/mol. The number of nitrogens with one attached hydrogen (secondary N) is 1. The van der Waals surface area contributed by atoms with Crippen molar-refractivity contribution < 1.29 is 9.84 Å². The lowest BCUT2D eigenvalue weighted by Gasteiger charge is -2.30. The van der Waals surface area contributed by atoms with Crippen LogP contribution in [0.25, 0.3) is 0 Å². The van der Waals surface area contributed by atoms with E-state index >= 15 is 0 Å². The average Bonchev–Trinajstić information content (AvgIpc) is 2.86. The van der Waals surface area contributed by atoms with E-state index in [0.717, 1.165) is 24.8 Å². The van der Waals surface area contributed by atoms with Gasteiger partial charge in [-0.3, -0.25) is 0 Å². The highest BCUT2D eigenvalue weighted by molar-refractivity contribution is 5.45. The van der Waals surface area contributed by atoms with Crippen molar-refractivity contribution in [3.05, 3.63) is 29.3 Å². The first kappa shape index (κ1) is 14.8. The molecule has 2 N–H and O–H groups in total. The largest absolute Gasteiger partial charge is 0.495 e. The number of nitrogens with zero attached hydrogens (tertiary/aromatic N) is 1. The van der Waals surface area contributed by atoms with Gasteiger partial charge in [0, 0.05) is 24.6 Å².